The van der Waals surface area contributed by atoms with E-state index >= 15 is 0 Å². The third-order valence-corrected chi connectivity index (χ3v) is 2.54. The average Bonchev–Trinajstić information content (AvgIpc) is 1.99. The van der Waals surface area contributed by atoms with E-state index in [4.69, 9.17) is 15.1 Å². The van der Waals surface area contributed by atoms with Crippen LogP contribution in [0.4, 0.5) is 0 Å². The van der Waals surface area contributed by atoms with E-state index in [2.05, 4.69) is 4.52 Å². The molecule has 0 aliphatic carbocycles. The van der Waals surface area contributed by atoms with E-state index in [0.29, 0.717) is 0 Å². The molecule has 0 aliphatic rings. The summed E-state index contributed by atoms with van der Waals surface area (Å²) in [6.07, 6.45) is -3.57. The van der Waals surface area contributed by atoms with Crippen LogP contribution in [-0.2, 0) is 9.09 Å². The number of hydrogen-bond acceptors (Lipinski definition) is 4. The van der Waals surface area contributed by atoms with Crippen LogP contribution < -0.4 is 0 Å². The van der Waals surface area contributed by atoms with Gasteiger partial charge in [-0.05, 0) is 0 Å². The first-order chi connectivity index (χ1) is 5.33. The third kappa shape index (κ3) is 5.27. The van der Waals surface area contributed by atoms with E-state index in [0.717, 1.165) is 0 Å². The van der Waals surface area contributed by atoms with Gasteiger partial charge in [-0.25, -0.2) is 0 Å². The fourth-order valence-electron chi connectivity index (χ4n) is 0.381. The zero-order valence-corrected chi connectivity index (χ0v) is 9.44. The Bertz CT molecular complexity index is 175. The van der Waals surface area contributed by atoms with E-state index in [1.54, 1.807) is 6.92 Å². The molecular formula is C5H13O5PSe. The van der Waals surface area contributed by atoms with Crippen molar-refractivity contribution in [2.75, 3.05) is 19.8 Å². The molecule has 0 spiro atoms. The van der Waals surface area contributed by atoms with Crippen molar-refractivity contribution in [3.8, 4) is 0 Å². The van der Waals surface area contributed by atoms with Gasteiger partial charge in [-0.1, -0.05) is 0 Å². The molecular weight excluding hydrogens is 250 g/mol. The minimum atomic E-state index is -3.57. The van der Waals surface area contributed by atoms with Gasteiger partial charge < -0.3 is 0 Å². The van der Waals surface area contributed by atoms with Crippen molar-refractivity contribution in [2.24, 2.45) is 5.41 Å². The van der Waals surface area contributed by atoms with Crippen LogP contribution in [0.1, 0.15) is 6.92 Å². The van der Waals surface area contributed by atoms with Crippen molar-refractivity contribution in [2.45, 2.75) is 6.92 Å². The molecule has 0 radical (unpaired) electrons. The summed E-state index contributed by atoms with van der Waals surface area (Å²) < 4.78 is 15.2. The van der Waals surface area contributed by atoms with Gasteiger partial charge in [0.05, 0.1) is 0 Å². The number of aliphatic hydroxyl groups is 2. The zero-order valence-electron chi connectivity index (χ0n) is 6.67. The summed E-state index contributed by atoms with van der Waals surface area (Å²) in [5.74, 6) is 0. The second-order valence-electron chi connectivity index (χ2n) is 2.89. The molecule has 0 aromatic heterocycles. The van der Waals surface area contributed by atoms with Gasteiger partial charge in [0.2, 0.25) is 0 Å². The van der Waals surface area contributed by atoms with Gasteiger partial charge in [-0.2, -0.15) is 0 Å². The summed E-state index contributed by atoms with van der Waals surface area (Å²) in [6, 6.07) is 0. The number of aliphatic hydroxyl groups excluding tert-OH is 2. The molecule has 7 heteroatoms. The fourth-order valence-corrected chi connectivity index (χ4v) is 1.22. The van der Waals surface area contributed by atoms with E-state index in [1.807, 2.05) is 0 Å². The summed E-state index contributed by atoms with van der Waals surface area (Å²) in [5.41, 5.74) is -0.863. The molecule has 0 amide bonds. The topological polar surface area (TPSA) is 87.0 Å². The van der Waals surface area contributed by atoms with E-state index < -0.39 is 11.7 Å². The Hall–Kier alpha value is 0.589. The zero-order chi connectivity index (χ0) is 9.83. The van der Waals surface area contributed by atoms with Crippen molar-refractivity contribution in [3.63, 3.8) is 0 Å². The SMILES string of the molecule is CC(CO)(CO)COP(=O)(O)[SeH]. The van der Waals surface area contributed by atoms with Gasteiger partial charge in [0, 0.05) is 0 Å². The van der Waals surface area contributed by atoms with Gasteiger partial charge in [0.1, 0.15) is 0 Å². The number of rotatable bonds is 5. The molecule has 0 bridgehead atoms. The van der Waals surface area contributed by atoms with Crippen molar-refractivity contribution in [1.82, 2.24) is 0 Å². The van der Waals surface area contributed by atoms with Crippen molar-refractivity contribution < 1.29 is 24.2 Å². The van der Waals surface area contributed by atoms with E-state index in [1.165, 1.54) is 15.6 Å². The molecule has 0 saturated carbocycles. The monoisotopic (exact) mass is 264 g/mol. The Morgan fingerprint density at radius 3 is 2.17 bits per heavy atom. The second kappa shape index (κ2) is 4.72. The van der Waals surface area contributed by atoms with Crippen LogP contribution in [0.3, 0.4) is 0 Å². The normalized spacial score (nSPS) is 17.4. The average molecular weight is 263 g/mol. The summed E-state index contributed by atoms with van der Waals surface area (Å²) >= 11 is 1.51. The third-order valence-electron chi connectivity index (χ3n) is 1.34. The Morgan fingerprint density at radius 1 is 1.50 bits per heavy atom. The maximum atomic E-state index is 10.6. The summed E-state index contributed by atoms with van der Waals surface area (Å²) in [5, 5.41) is 17.5. The molecule has 12 heavy (non-hydrogen) atoms. The van der Waals surface area contributed by atoms with Crippen molar-refractivity contribution in [3.05, 3.63) is 0 Å². The van der Waals surface area contributed by atoms with Crippen LogP contribution in [0.15, 0.2) is 0 Å². The van der Waals surface area contributed by atoms with Crippen LogP contribution >= 0.6 is 6.29 Å². The Kier molecular flexibility index (Phi) is 4.95. The van der Waals surface area contributed by atoms with Crippen LogP contribution in [-0.4, -0.2) is 50.5 Å². The first kappa shape index (κ1) is 12.6. The molecule has 1 unspecified atom stereocenters. The molecule has 0 heterocycles. The summed E-state index contributed by atoms with van der Waals surface area (Å²) in [4.78, 5) is 8.71. The number of hydrogen-bond donors (Lipinski definition) is 3. The molecule has 74 valence electrons. The van der Waals surface area contributed by atoms with Gasteiger partial charge in [-0.15, -0.1) is 0 Å². The Balaban J connectivity index is 3.98. The predicted molar refractivity (Wildman–Crippen MR) is 45.2 cm³/mol. The molecule has 1 atom stereocenters. The van der Waals surface area contributed by atoms with Gasteiger partial charge in [0.15, 0.2) is 0 Å². The molecule has 0 aromatic carbocycles. The van der Waals surface area contributed by atoms with E-state index in [9.17, 15) is 4.57 Å². The molecule has 5 nitrogen and oxygen atoms in total. The second-order valence-corrected chi connectivity index (χ2v) is 7.31. The minimum absolute atomic E-state index is 0.150. The van der Waals surface area contributed by atoms with Crippen LogP contribution in [0.25, 0.3) is 0 Å². The molecule has 0 saturated heterocycles. The van der Waals surface area contributed by atoms with Gasteiger partial charge in [0.25, 0.3) is 0 Å². The maximum absolute atomic E-state index is 10.6. The molecule has 0 rings (SSSR count). The fraction of sp³-hybridized carbons (Fsp3) is 1.00. The van der Waals surface area contributed by atoms with Gasteiger partial charge in [-0.3, -0.25) is 0 Å². The van der Waals surface area contributed by atoms with Crippen LogP contribution in [0.2, 0.25) is 0 Å². The van der Waals surface area contributed by atoms with Crippen LogP contribution in [0, 0.1) is 5.41 Å². The summed E-state index contributed by atoms with van der Waals surface area (Å²) in [7, 11) is 0. The van der Waals surface area contributed by atoms with Crippen molar-refractivity contribution >= 4 is 21.9 Å². The Morgan fingerprint density at radius 2 is 1.92 bits per heavy atom. The Labute approximate surface area is 78.7 Å². The quantitative estimate of drug-likeness (QED) is 0.437. The molecule has 3 N–H and O–H groups in total. The van der Waals surface area contributed by atoms with Crippen molar-refractivity contribution in [1.29, 1.82) is 0 Å². The predicted octanol–water partition coefficient (Wildman–Crippen LogP) is -1.00. The van der Waals surface area contributed by atoms with E-state index in [-0.39, 0.29) is 19.8 Å². The molecule has 0 aromatic rings. The van der Waals surface area contributed by atoms with Crippen LogP contribution in [0.5, 0.6) is 0 Å². The molecule has 0 aliphatic heterocycles. The first-order valence-corrected chi connectivity index (χ1v) is 7.29. The first-order valence-electron chi connectivity index (χ1n) is 3.25. The van der Waals surface area contributed by atoms with Gasteiger partial charge >= 0.3 is 78.2 Å². The summed E-state index contributed by atoms with van der Waals surface area (Å²) in [6.45, 7) is 0.811. The standard InChI is InChI=1S/C5H13O5PSe/c1-5(2-6,3-7)4-10-11(8,9)12/h6-7H,2-4H2,1H3,(H2,8,9,12). The molecule has 0 fully saturated rings.